The summed E-state index contributed by atoms with van der Waals surface area (Å²) in [6, 6.07) is 8.17. The lowest BCUT2D eigenvalue weighted by molar-refractivity contribution is 0.0999. The van der Waals surface area contributed by atoms with Crippen LogP contribution in [0.1, 0.15) is 20.7 Å². The summed E-state index contributed by atoms with van der Waals surface area (Å²) in [7, 11) is 0. The van der Waals surface area contributed by atoms with E-state index in [1.807, 2.05) is 28.9 Å². The number of pyridine rings is 1. The van der Waals surface area contributed by atoms with Crippen LogP contribution >= 0.6 is 0 Å². The number of amides is 2. The molecule has 0 saturated carbocycles. The minimum absolute atomic E-state index is 0.203. The predicted molar refractivity (Wildman–Crippen MR) is 82.0 cm³/mol. The van der Waals surface area contributed by atoms with Crippen molar-refractivity contribution in [2.24, 2.45) is 11.5 Å². The summed E-state index contributed by atoms with van der Waals surface area (Å²) in [6.07, 6.45) is 5.35. The van der Waals surface area contributed by atoms with E-state index >= 15 is 0 Å². The third kappa shape index (κ3) is 2.47. The minimum atomic E-state index is -0.634. The van der Waals surface area contributed by atoms with E-state index in [1.165, 1.54) is 6.07 Å². The van der Waals surface area contributed by atoms with Gasteiger partial charge in [-0.05, 0) is 30.3 Å². The lowest BCUT2D eigenvalue weighted by Crippen LogP contribution is -2.16. The van der Waals surface area contributed by atoms with Crippen molar-refractivity contribution in [3.05, 3.63) is 60.0 Å². The molecular weight excluding hydrogens is 282 g/mol. The fourth-order valence-corrected chi connectivity index (χ4v) is 2.19. The van der Waals surface area contributed by atoms with E-state index in [4.69, 9.17) is 11.5 Å². The molecule has 2 heterocycles. The number of hydrogen-bond acceptors (Lipinski definition) is 4. The second-order valence-corrected chi connectivity index (χ2v) is 4.73. The van der Waals surface area contributed by atoms with Crippen molar-refractivity contribution in [3.8, 4) is 0 Å². The highest BCUT2D eigenvalue weighted by molar-refractivity contribution is 6.00. The van der Waals surface area contributed by atoms with Crippen LogP contribution in [0.4, 0.5) is 11.4 Å². The molecule has 2 amide bonds. The Morgan fingerprint density at radius 2 is 1.73 bits per heavy atom. The highest BCUT2D eigenvalue weighted by Gasteiger charge is 2.10. The summed E-state index contributed by atoms with van der Waals surface area (Å²) < 4.78 is 1.84. The summed E-state index contributed by atoms with van der Waals surface area (Å²) >= 11 is 0. The molecule has 7 nitrogen and oxygen atoms in total. The van der Waals surface area contributed by atoms with Gasteiger partial charge in [0.25, 0.3) is 0 Å². The second-order valence-electron chi connectivity index (χ2n) is 4.73. The van der Waals surface area contributed by atoms with Crippen LogP contribution in [0.2, 0.25) is 0 Å². The number of fused-ring (bicyclic) bond motifs is 1. The molecule has 3 aromatic rings. The molecule has 0 bridgehead atoms. The molecule has 0 aliphatic heterocycles. The smallest absolute Gasteiger partial charge is 0.248 e. The third-order valence-electron chi connectivity index (χ3n) is 3.20. The molecule has 7 heteroatoms. The monoisotopic (exact) mass is 295 g/mol. The summed E-state index contributed by atoms with van der Waals surface area (Å²) in [6.45, 7) is 0. The molecule has 1 aromatic carbocycles. The molecular formula is C15H13N5O2. The van der Waals surface area contributed by atoms with Crippen molar-refractivity contribution in [2.45, 2.75) is 0 Å². The summed E-state index contributed by atoms with van der Waals surface area (Å²) in [5.41, 5.74) is 12.9. The topological polar surface area (TPSA) is 116 Å². The molecule has 110 valence electrons. The largest absolute Gasteiger partial charge is 0.366 e. The molecule has 0 aliphatic carbocycles. The maximum atomic E-state index is 11.4. The van der Waals surface area contributed by atoms with E-state index in [-0.39, 0.29) is 11.1 Å². The van der Waals surface area contributed by atoms with E-state index in [2.05, 4.69) is 10.3 Å². The Labute approximate surface area is 125 Å². The zero-order valence-electron chi connectivity index (χ0n) is 11.5. The van der Waals surface area contributed by atoms with Crippen molar-refractivity contribution < 1.29 is 9.59 Å². The van der Waals surface area contributed by atoms with Gasteiger partial charge in [-0.25, -0.2) is 4.98 Å². The molecule has 0 aliphatic rings. The Morgan fingerprint density at radius 3 is 2.36 bits per heavy atom. The maximum absolute atomic E-state index is 11.4. The standard InChI is InChI=1S/C15H13N5O2/c16-13(21)9-6-10(14(17)22)8-11(7-9)19-12-2-1-4-20-5-3-18-15(12)20/h1-8,19H,(H2,16,21)(H2,17,22). The number of anilines is 2. The predicted octanol–water partition coefficient (Wildman–Crippen LogP) is 1.28. The molecule has 0 unspecified atom stereocenters. The number of aromatic nitrogens is 2. The highest BCUT2D eigenvalue weighted by Crippen LogP contribution is 2.22. The molecule has 0 fully saturated rings. The summed E-state index contributed by atoms with van der Waals surface area (Å²) in [5, 5.41) is 3.12. The molecule has 0 atom stereocenters. The van der Waals surface area contributed by atoms with Gasteiger partial charge in [0, 0.05) is 35.4 Å². The number of primary amides is 2. The number of carbonyl (C=O) groups excluding carboxylic acids is 2. The van der Waals surface area contributed by atoms with Crippen molar-refractivity contribution in [2.75, 3.05) is 5.32 Å². The maximum Gasteiger partial charge on any atom is 0.248 e. The first-order valence-corrected chi connectivity index (χ1v) is 6.48. The molecule has 22 heavy (non-hydrogen) atoms. The van der Waals surface area contributed by atoms with Crippen molar-refractivity contribution in [1.29, 1.82) is 0 Å². The Hall–Kier alpha value is -3.35. The van der Waals surface area contributed by atoms with E-state index in [0.717, 1.165) is 5.69 Å². The average molecular weight is 295 g/mol. The van der Waals surface area contributed by atoms with E-state index < -0.39 is 11.8 Å². The molecule has 0 saturated heterocycles. The van der Waals surface area contributed by atoms with Crippen LogP contribution < -0.4 is 16.8 Å². The van der Waals surface area contributed by atoms with Gasteiger partial charge in [-0.3, -0.25) is 9.59 Å². The average Bonchev–Trinajstić information content (AvgIpc) is 2.96. The van der Waals surface area contributed by atoms with Gasteiger partial charge in [-0.2, -0.15) is 0 Å². The fourth-order valence-electron chi connectivity index (χ4n) is 2.19. The molecule has 3 rings (SSSR count). The van der Waals surface area contributed by atoms with Crippen LogP contribution in [0.25, 0.3) is 5.65 Å². The number of nitrogens with two attached hydrogens (primary N) is 2. The third-order valence-corrected chi connectivity index (χ3v) is 3.20. The number of nitrogens with zero attached hydrogens (tertiary/aromatic N) is 2. The first-order chi connectivity index (χ1) is 10.5. The van der Waals surface area contributed by atoms with Gasteiger partial charge < -0.3 is 21.2 Å². The molecule has 0 radical (unpaired) electrons. The normalized spacial score (nSPS) is 10.5. The van der Waals surface area contributed by atoms with Gasteiger partial charge in [0.1, 0.15) is 0 Å². The lowest BCUT2D eigenvalue weighted by atomic mass is 10.1. The zero-order valence-corrected chi connectivity index (χ0v) is 11.5. The van der Waals surface area contributed by atoms with Gasteiger partial charge in [0.05, 0.1) is 5.69 Å². The van der Waals surface area contributed by atoms with Gasteiger partial charge >= 0.3 is 0 Å². The van der Waals surface area contributed by atoms with Crippen molar-refractivity contribution in [1.82, 2.24) is 9.38 Å². The van der Waals surface area contributed by atoms with Gasteiger partial charge in [0.2, 0.25) is 11.8 Å². The minimum Gasteiger partial charge on any atom is -0.366 e. The number of carbonyl (C=O) groups is 2. The van der Waals surface area contributed by atoms with Gasteiger partial charge in [0.15, 0.2) is 5.65 Å². The van der Waals surface area contributed by atoms with E-state index in [0.29, 0.717) is 11.3 Å². The SMILES string of the molecule is NC(=O)c1cc(Nc2cccn3ccnc23)cc(C(N)=O)c1. The van der Waals surface area contributed by atoms with Crippen LogP contribution in [0.3, 0.4) is 0 Å². The van der Waals surface area contributed by atoms with E-state index in [1.54, 1.807) is 18.3 Å². The van der Waals surface area contributed by atoms with E-state index in [9.17, 15) is 9.59 Å². The van der Waals surface area contributed by atoms with Crippen LogP contribution in [0.5, 0.6) is 0 Å². The van der Waals surface area contributed by atoms with Crippen LogP contribution in [-0.2, 0) is 0 Å². The lowest BCUT2D eigenvalue weighted by Gasteiger charge is -2.10. The number of nitrogens with one attached hydrogen (secondary N) is 1. The number of rotatable bonds is 4. The second kappa shape index (κ2) is 5.21. The van der Waals surface area contributed by atoms with Gasteiger partial charge in [-0.15, -0.1) is 0 Å². The van der Waals surface area contributed by atoms with Crippen LogP contribution in [0, 0.1) is 0 Å². The molecule has 2 aromatic heterocycles. The van der Waals surface area contributed by atoms with Crippen LogP contribution in [0.15, 0.2) is 48.9 Å². The summed E-state index contributed by atoms with van der Waals surface area (Å²) in [4.78, 5) is 27.0. The quantitative estimate of drug-likeness (QED) is 0.672. The molecule has 5 N–H and O–H groups in total. The highest BCUT2D eigenvalue weighted by atomic mass is 16.1. The molecule has 0 spiro atoms. The Kier molecular flexibility index (Phi) is 3.23. The van der Waals surface area contributed by atoms with Crippen molar-refractivity contribution >= 4 is 28.8 Å². The van der Waals surface area contributed by atoms with Crippen LogP contribution in [-0.4, -0.2) is 21.2 Å². The Morgan fingerprint density at radius 1 is 1.05 bits per heavy atom. The summed E-state index contributed by atoms with van der Waals surface area (Å²) in [5.74, 6) is -1.27. The Bertz CT molecular complexity index is 852. The van der Waals surface area contributed by atoms with Gasteiger partial charge in [-0.1, -0.05) is 0 Å². The first-order valence-electron chi connectivity index (χ1n) is 6.48. The Balaban J connectivity index is 2.06. The first kappa shape index (κ1) is 13.6. The van der Waals surface area contributed by atoms with Crippen molar-refractivity contribution in [3.63, 3.8) is 0 Å². The fraction of sp³-hybridized carbons (Fsp3) is 0. The number of hydrogen-bond donors (Lipinski definition) is 3. The zero-order chi connectivity index (χ0) is 15.7. The number of imidazole rings is 1. The number of benzene rings is 1.